The summed E-state index contributed by atoms with van der Waals surface area (Å²) in [6, 6.07) is 32.4. The van der Waals surface area contributed by atoms with Crippen molar-refractivity contribution >= 4 is 66.5 Å². The molecule has 0 amide bonds. The molecule has 0 bridgehead atoms. The van der Waals surface area contributed by atoms with Crippen molar-refractivity contribution in [3.05, 3.63) is 180 Å². The molecule has 282 valence electrons. The van der Waals surface area contributed by atoms with Gasteiger partial charge in [-0.2, -0.15) is 0 Å². The molecular weight excluding hydrogens is 784 g/mol. The number of anilines is 6. The van der Waals surface area contributed by atoms with E-state index in [0.717, 1.165) is 66.2 Å². The summed E-state index contributed by atoms with van der Waals surface area (Å²) in [6.45, 7) is 0. The zero-order valence-corrected chi connectivity index (χ0v) is 32.1. The molecule has 57 heavy (non-hydrogen) atoms. The van der Waals surface area contributed by atoms with E-state index >= 15 is 0 Å². The molecule has 0 atom stereocenters. The van der Waals surface area contributed by atoms with E-state index in [-0.39, 0.29) is 17.5 Å². The van der Waals surface area contributed by atoms with Gasteiger partial charge in [0.05, 0.1) is 17.1 Å². The average Bonchev–Trinajstić information content (AvgIpc) is 4.05. The summed E-state index contributed by atoms with van der Waals surface area (Å²) in [5.41, 5.74) is 8.01. The third-order valence-electron chi connectivity index (χ3n) is 7.68. The maximum Gasteiger partial charge on any atom is 0.187 e. The Morgan fingerprint density at radius 3 is 1.19 bits per heavy atom. The number of pyridine rings is 1. The summed E-state index contributed by atoms with van der Waals surface area (Å²) < 4.78 is 38.4. The van der Waals surface area contributed by atoms with Crippen molar-refractivity contribution in [2.75, 3.05) is 16.0 Å². The number of thiazole rings is 3. The van der Waals surface area contributed by atoms with Crippen LogP contribution in [0.1, 0.15) is 0 Å². The fraction of sp³-hybridized carbons (Fsp3) is 0. The Kier molecular flexibility index (Phi) is 12.9. The second kappa shape index (κ2) is 19.2. The van der Waals surface area contributed by atoms with Gasteiger partial charge in [0.2, 0.25) is 0 Å². The first-order chi connectivity index (χ1) is 27.9. The van der Waals surface area contributed by atoms with Gasteiger partial charge in [-0.25, -0.2) is 38.1 Å². The SMILES string of the molecule is Fc1ccc(Nc2nc(-c3ccccc3)cs2)cc1.Fc1ccc(Nc2nc(-c3cccnc3)cs2)cc1.Fc1ccc(Nc2nc(-c3cncnc3)cs2)cc1. The standard InChI is InChI=1S/C15H11FN2S.C14H10FN3S.C13H9FN4S/c16-12-6-8-13(9-7-12)17-15-18-14(10-19-15)11-4-2-1-3-5-11;15-11-3-5-12(6-4-11)17-14-18-13(9-19-14)10-2-1-7-16-8-10;14-10-1-3-11(4-2-10)17-13-18-12(7-19-13)9-5-15-8-16-6-9/h1-10H,(H,17,18);1-9H,(H,17,18);1-8H,(H,17,18). The minimum absolute atomic E-state index is 0.241. The summed E-state index contributed by atoms with van der Waals surface area (Å²) in [6.07, 6.45) is 8.41. The molecule has 15 heteroatoms. The van der Waals surface area contributed by atoms with E-state index < -0.39 is 0 Å². The average molecular weight is 814 g/mol. The van der Waals surface area contributed by atoms with E-state index in [4.69, 9.17) is 0 Å². The third-order valence-corrected chi connectivity index (χ3v) is 9.96. The zero-order valence-electron chi connectivity index (χ0n) is 29.6. The number of halogens is 3. The van der Waals surface area contributed by atoms with E-state index in [0.29, 0.717) is 0 Å². The number of rotatable bonds is 9. The van der Waals surface area contributed by atoms with Crippen molar-refractivity contribution < 1.29 is 13.2 Å². The minimum atomic E-state index is -0.258. The Bertz CT molecular complexity index is 2280. The topological polar surface area (TPSA) is 113 Å². The van der Waals surface area contributed by atoms with Crippen LogP contribution in [0.3, 0.4) is 0 Å². The van der Waals surface area contributed by atoms with Crippen LogP contribution in [0.4, 0.5) is 45.6 Å². The van der Waals surface area contributed by atoms with Crippen LogP contribution in [0.15, 0.2) is 163 Å². The largest absolute Gasteiger partial charge is 0.332 e. The summed E-state index contributed by atoms with van der Waals surface area (Å²) in [7, 11) is 0. The molecule has 0 spiro atoms. The van der Waals surface area contributed by atoms with Gasteiger partial charge in [0.25, 0.3) is 0 Å². The fourth-order valence-corrected chi connectivity index (χ4v) is 7.14. The third kappa shape index (κ3) is 11.4. The molecule has 5 heterocycles. The first-order valence-electron chi connectivity index (χ1n) is 17.1. The first-order valence-corrected chi connectivity index (χ1v) is 19.7. The molecule has 0 saturated heterocycles. The Hall–Kier alpha value is -6.81. The number of nitrogens with zero attached hydrogens (tertiary/aromatic N) is 6. The van der Waals surface area contributed by atoms with Gasteiger partial charge in [0.15, 0.2) is 15.4 Å². The van der Waals surface area contributed by atoms with Crippen LogP contribution in [0, 0.1) is 17.5 Å². The summed E-state index contributed by atoms with van der Waals surface area (Å²) in [5.74, 6) is -0.748. The molecule has 9 nitrogen and oxygen atoms in total. The van der Waals surface area contributed by atoms with Crippen LogP contribution in [0.25, 0.3) is 33.8 Å². The van der Waals surface area contributed by atoms with Crippen LogP contribution in [0.5, 0.6) is 0 Å². The van der Waals surface area contributed by atoms with E-state index in [1.165, 1.54) is 76.7 Å². The second-order valence-corrected chi connectivity index (χ2v) is 14.3. The van der Waals surface area contributed by atoms with Gasteiger partial charge in [-0.15, -0.1) is 34.0 Å². The van der Waals surface area contributed by atoms with Crippen LogP contribution in [-0.2, 0) is 0 Å². The quantitative estimate of drug-likeness (QED) is 0.131. The highest BCUT2D eigenvalue weighted by Gasteiger charge is 2.07. The smallest absolute Gasteiger partial charge is 0.187 e. The van der Waals surface area contributed by atoms with E-state index in [1.54, 1.807) is 61.2 Å². The van der Waals surface area contributed by atoms with Gasteiger partial charge in [0.1, 0.15) is 23.8 Å². The highest BCUT2D eigenvalue weighted by atomic mass is 32.1. The lowest BCUT2D eigenvalue weighted by atomic mass is 10.2. The van der Waals surface area contributed by atoms with Crippen molar-refractivity contribution in [3.8, 4) is 33.8 Å². The molecule has 0 aliphatic rings. The molecule has 4 aromatic carbocycles. The Balaban J connectivity index is 0.000000131. The molecule has 0 aliphatic carbocycles. The monoisotopic (exact) mass is 813 g/mol. The molecule has 5 aromatic heterocycles. The van der Waals surface area contributed by atoms with Crippen LogP contribution in [0.2, 0.25) is 0 Å². The van der Waals surface area contributed by atoms with Crippen molar-refractivity contribution in [1.82, 2.24) is 29.9 Å². The van der Waals surface area contributed by atoms with Crippen LogP contribution in [-0.4, -0.2) is 29.9 Å². The van der Waals surface area contributed by atoms with Gasteiger partial charge in [-0.1, -0.05) is 30.3 Å². The van der Waals surface area contributed by atoms with E-state index in [9.17, 15) is 13.2 Å². The maximum atomic E-state index is 12.8. The van der Waals surface area contributed by atoms with Gasteiger partial charge in [-0.05, 0) is 84.9 Å². The molecule has 0 saturated carbocycles. The number of hydrogen-bond acceptors (Lipinski definition) is 12. The number of nitrogens with one attached hydrogen (secondary N) is 3. The highest BCUT2D eigenvalue weighted by molar-refractivity contribution is 7.14. The lowest BCUT2D eigenvalue weighted by molar-refractivity contribution is 0.627. The van der Waals surface area contributed by atoms with Crippen LogP contribution < -0.4 is 16.0 Å². The van der Waals surface area contributed by atoms with Crippen molar-refractivity contribution in [3.63, 3.8) is 0 Å². The molecule has 3 N–H and O–H groups in total. The van der Waals surface area contributed by atoms with Crippen LogP contribution >= 0.6 is 34.0 Å². The van der Waals surface area contributed by atoms with Gasteiger partial charge in [-0.3, -0.25) is 4.98 Å². The van der Waals surface area contributed by atoms with Gasteiger partial charge in [0, 0.05) is 74.7 Å². The summed E-state index contributed by atoms with van der Waals surface area (Å²) in [4.78, 5) is 25.4. The van der Waals surface area contributed by atoms with Gasteiger partial charge >= 0.3 is 0 Å². The second-order valence-electron chi connectivity index (χ2n) is 11.7. The lowest BCUT2D eigenvalue weighted by Gasteiger charge is -2.01. The molecule has 0 radical (unpaired) electrons. The molecule has 9 aromatic rings. The molecule has 9 rings (SSSR count). The Morgan fingerprint density at radius 1 is 0.386 bits per heavy atom. The predicted octanol–water partition coefficient (Wildman–Crippen LogP) is 12.3. The Morgan fingerprint density at radius 2 is 0.772 bits per heavy atom. The maximum absolute atomic E-state index is 12.8. The molecule has 0 unspecified atom stereocenters. The number of benzene rings is 4. The Labute approximate surface area is 337 Å². The zero-order chi connectivity index (χ0) is 39.2. The van der Waals surface area contributed by atoms with Crippen molar-refractivity contribution in [2.45, 2.75) is 0 Å². The van der Waals surface area contributed by atoms with E-state index in [1.807, 2.05) is 58.6 Å². The number of aromatic nitrogens is 6. The fourth-order valence-electron chi connectivity index (χ4n) is 4.92. The van der Waals surface area contributed by atoms with E-state index in [2.05, 4.69) is 45.9 Å². The lowest BCUT2D eigenvalue weighted by Crippen LogP contribution is -1.90. The molecular formula is C42H30F3N9S3. The van der Waals surface area contributed by atoms with Gasteiger partial charge < -0.3 is 16.0 Å². The highest BCUT2D eigenvalue weighted by Crippen LogP contribution is 2.29. The summed E-state index contributed by atoms with van der Waals surface area (Å²) in [5, 5.41) is 17.6. The number of hydrogen-bond donors (Lipinski definition) is 3. The normalized spacial score (nSPS) is 10.4. The summed E-state index contributed by atoms with van der Waals surface area (Å²) >= 11 is 4.50. The molecule has 0 fully saturated rings. The first kappa shape index (κ1) is 38.5. The van der Waals surface area contributed by atoms with Crippen molar-refractivity contribution in [2.24, 2.45) is 0 Å². The molecule has 0 aliphatic heterocycles. The van der Waals surface area contributed by atoms with Crippen molar-refractivity contribution in [1.29, 1.82) is 0 Å². The predicted molar refractivity (Wildman–Crippen MR) is 225 cm³/mol. The minimum Gasteiger partial charge on any atom is -0.332 e.